The Morgan fingerprint density at radius 3 is 2.55 bits per heavy atom. The summed E-state index contributed by atoms with van der Waals surface area (Å²) in [4.78, 5) is 12.1. The van der Waals surface area contributed by atoms with Crippen molar-refractivity contribution in [1.29, 1.82) is 0 Å². The van der Waals surface area contributed by atoms with Crippen molar-refractivity contribution in [3.05, 3.63) is 36.1 Å². The van der Waals surface area contributed by atoms with Gasteiger partial charge < -0.3 is 10.1 Å². The Bertz CT molecular complexity index is 617. The largest absolute Gasteiger partial charge is 0.488 e. The van der Waals surface area contributed by atoms with Gasteiger partial charge in [0.05, 0.1) is 17.3 Å². The van der Waals surface area contributed by atoms with Crippen LogP contribution in [0, 0.1) is 0 Å². The molecule has 0 saturated heterocycles. The van der Waals surface area contributed by atoms with Crippen molar-refractivity contribution in [2.24, 2.45) is 0 Å². The van der Waals surface area contributed by atoms with Crippen LogP contribution >= 0.6 is 0 Å². The van der Waals surface area contributed by atoms with E-state index >= 15 is 0 Å². The summed E-state index contributed by atoms with van der Waals surface area (Å²) in [5, 5.41) is 2.68. The van der Waals surface area contributed by atoms with Crippen LogP contribution in [0.4, 0.5) is 5.69 Å². The predicted octanol–water partition coefficient (Wildman–Crippen LogP) is 2.11. The number of hydrogen-bond acceptors (Lipinski definition) is 4. The van der Waals surface area contributed by atoms with Crippen molar-refractivity contribution >= 4 is 21.4 Å². The molecule has 1 aromatic rings. The molecular weight excluding hydrogens is 278 g/mol. The third-order valence-corrected chi connectivity index (χ3v) is 4.76. The first-order valence-corrected chi connectivity index (χ1v) is 8.15. The number of rotatable bonds is 4. The molecule has 1 aromatic carbocycles. The minimum absolute atomic E-state index is 0.0550. The van der Waals surface area contributed by atoms with E-state index in [-0.39, 0.29) is 16.6 Å². The van der Waals surface area contributed by atoms with Crippen LogP contribution in [0.2, 0.25) is 0 Å². The summed E-state index contributed by atoms with van der Waals surface area (Å²) >= 11 is 0. The summed E-state index contributed by atoms with van der Waals surface area (Å²) in [5.74, 6) is 0.0664. The lowest BCUT2D eigenvalue weighted by Crippen LogP contribution is -2.18. The number of allylic oxidation sites excluding steroid dienone is 1. The van der Waals surface area contributed by atoms with E-state index in [0.717, 1.165) is 12.8 Å². The maximum atomic E-state index is 11.9. The molecule has 0 aromatic heterocycles. The van der Waals surface area contributed by atoms with Crippen LogP contribution in [0.15, 0.2) is 41.0 Å². The van der Waals surface area contributed by atoms with E-state index in [4.69, 9.17) is 4.74 Å². The second kappa shape index (κ2) is 6.09. The molecule has 1 aliphatic heterocycles. The van der Waals surface area contributed by atoms with E-state index < -0.39 is 9.84 Å². The predicted molar refractivity (Wildman–Crippen MR) is 76.1 cm³/mol. The summed E-state index contributed by atoms with van der Waals surface area (Å²) < 4.78 is 28.6. The number of benzene rings is 1. The highest BCUT2D eigenvalue weighted by atomic mass is 32.2. The lowest BCUT2D eigenvalue weighted by atomic mass is 10.2. The highest BCUT2D eigenvalue weighted by molar-refractivity contribution is 7.91. The Labute approximate surface area is 118 Å². The molecule has 20 heavy (non-hydrogen) atoms. The fourth-order valence-electron chi connectivity index (χ4n) is 1.82. The molecule has 0 aliphatic carbocycles. The van der Waals surface area contributed by atoms with Crippen molar-refractivity contribution in [3.8, 4) is 0 Å². The van der Waals surface area contributed by atoms with Gasteiger partial charge in [-0.25, -0.2) is 8.42 Å². The van der Waals surface area contributed by atoms with Gasteiger partial charge in [0.2, 0.25) is 0 Å². The third-order valence-electron chi connectivity index (χ3n) is 3.01. The number of sulfone groups is 1. The SMILES string of the molecule is CCS(=O)(=O)c1ccc(NC(=O)C2=CCCCO2)cc1. The fraction of sp³-hybridized carbons (Fsp3) is 0.357. The topological polar surface area (TPSA) is 72.5 Å². The number of ether oxygens (including phenoxy) is 1. The van der Waals surface area contributed by atoms with Crippen LogP contribution in [0.25, 0.3) is 0 Å². The number of anilines is 1. The van der Waals surface area contributed by atoms with Crippen molar-refractivity contribution < 1.29 is 17.9 Å². The minimum atomic E-state index is -3.21. The van der Waals surface area contributed by atoms with Crippen LogP contribution in [-0.4, -0.2) is 26.7 Å². The summed E-state index contributed by atoms with van der Waals surface area (Å²) in [6.45, 7) is 2.14. The molecule has 0 bridgehead atoms. The van der Waals surface area contributed by atoms with E-state index in [1.54, 1.807) is 25.1 Å². The summed E-state index contributed by atoms with van der Waals surface area (Å²) in [7, 11) is -3.21. The molecule has 1 aliphatic rings. The number of hydrogen-bond donors (Lipinski definition) is 1. The normalized spacial score (nSPS) is 15.2. The van der Waals surface area contributed by atoms with Crippen molar-refractivity contribution in [3.63, 3.8) is 0 Å². The summed E-state index contributed by atoms with van der Waals surface area (Å²) in [6, 6.07) is 6.13. The van der Waals surface area contributed by atoms with Gasteiger partial charge in [-0.3, -0.25) is 4.79 Å². The Morgan fingerprint density at radius 1 is 1.30 bits per heavy atom. The monoisotopic (exact) mass is 295 g/mol. The molecule has 0 radical (unpaired) electrons. The third kappa shape index (κ3) is 3.39. The number of carbonyl (C=O) groups excluding carboxylic acids is 1. The molecule has 0 spiro atoms. The first kappa shape index (κ1) is 14.6. The highest BCUT2D eigenvalue weighted by Crippen LogP contribution is 2.17. The second-order valence-corrected chi connectivity index (χ2v) is 6.72. The Morgan fingerprint density at radius 2 is 2.00 bits per heavy atom. The van der Waals surface area contributed by atoms with Gasteiger partial charge in [0.1, 0.15) is 0 Å². The minimum Gasteiger partial charge on any atom is -0.488 e. The first-order valence-electron chi connectivity index (χ1n) is 6.50. The van der Waals surface area contributed by atoms with Gasteiger partial charge in [0.15, 0.2) is 15.6 Å². The van der Waals surface area contributed by atoms with E-state index in [0.29, 0.717) is 18.1 Å². The molecule has 0 saturated carbocycles. The summed E-state index contributed by atoms with van der Waals surface area (Å²) in [5.41, 5.74) is 0.542. The molecule has 0 atom stereocenters. The average Bonchev–Trinajstić information content (AvgIpc) is 2.48. The Balaban J connectivity index is 2.08. The lowest BCUT2D eigenvalue weighted by Gasteiger charge is -2.14. The lowest BCUT2D eigenvalue weighted by molar-refractivity contribution is -0.116. The number of nitrogens with one attached hydrogen (secondary N) is 1. The van der Waals surface area contributed by atoms with Gasteiger partial charge in [-0.05, 0) is 43.2 Å². The van der Waals surface area contributed by atoms with Crippen molar-refractivity contribution in [2.45, 2.75) is 24.7 Å². The van der Waals surface area contributed by atoms with E-state index in [2.05, 4.69) is 5.32 Å². The van der Waals surface area contributed by atoms with E-state index in [1.807, 2.05) is 0 Å². The molecule has 5 nitrogen and oxygen atoms in total. The molecule has 0 unspecified atom stereocenters. The number of carbonyl (C=O) groups is 1. The zero-order valence-electron chi connectivity index (χ0n) is 11.3. The van der Waals surface area contributed by atoms with Gasteiger partial charge in [-0.1, -0.05) is 6.92 Å². The van der Waals surface area contributed by atoms with Crippen LogP contribution < -0.4 is 5.32 Å². The van der Waals surface area contributed by atoms with Crippen LogP contribution in [0.1, 0.15) is 19.8 Å². The molecule has 0 fully saturated rings. The molecule has 6 heteroatoms. The molecule has 1 heterocycles. The fourth-order valence-corrected chi connectivity index (χ4v) is 2.70. The van der Waals surface area contributed by atoms with Gasteiger partial charge in [-0.2, -0.15) is 0 Å². The maximum absolute atomic E-state index is 11.9. The average molecular weight is 295 g/mol. The Hall–Kier alpha value is -1.82. The van der Waals surface area contributed by atoms with Gasteiger partial charge >= 0.3 is 0 Å². The van der Waals surface area contributed by atoms with Crippen molar-refractivity contribution in [2.75, 3.05) is 17.7 Å². The zero-order chi connectivity index (χ0) is 14.6. The van der Waals surface area contributed by atoms with Crippen LogP contribution in [0.5, 0.6) is 0 Å². The molecule has 1 amide bonds. The standard InChI is InChI=1S/C14H17NO4S/c1-2-20(17,18)12-8-6-11(7-9-12)15-14(16)13-5-3-4-10-19-13/h5-9H,2-4,10H2,1H3,(H,15,16). The quantitative estimate of drug-likeness (QED) is 0.923. The molecule has 2 rings (SSSR count). The van der Waals surface area contributed by atoms with Crippen LogP contribution in [-0.2, 0) is 19.4 Å². The molecular formula is C14H17NO4S. The molecule has 1 N–H and O–H groups in total. The maximum Gasteiger partial charge on any atom is 0.290 e. The van der Waals surface area contributed by atoms with Crippen molar-refractivity contribution in [1.82, 2.24) is 0 Å². The summed E-state index contributed by atoms with van der Waals surface area (Å²) in [6.07, 6.45) is 3.51. The smallest absolute Gasteiger partial charge is 0.290 e. The first-order chi connectivity index (χ1) is 9.53. The zero-order valence-corrected chi connectivity index (χ0v) is 12.1. The van der Waals surface area contributed by atoms with E-state index in [1.165, 1.54) is 12.1 Å². The van der Waals surface area contributed by atoms with Gasteiger partial charge in [-0.15, -0.1) is 0 Å². The molecule has 108 valence electrons. The van der Waals surface area contributed by atoms with E-state index in [9.17, 15) is 13.2 Å². The van der Waals surface area contributed by atoms with Gasteiger partial charge in [0.25, 0.3) is 5.91 Å². The Kier molecular flexibility index (Phi) is 4.44. The highest BCUT2D eigenvalue weighted by Gasteiger charge is 2.15. The van der Waals surface area contributed by atoms with Gasteiger partial charge in [0, 0.05) is 5.69 Å². The second-order valence-electron chi connectivity index (χ2n) is 4.44. The number of amides is 1. The van der Waals surface area contributed by atoms with Crippen LogP contribution in [0.3, 0.4) is 0 Å².